The first kappa shape index (κ1) is 7.68. The van der Waals surface area contributed by atoms with E-state index in [1.165, 1.54) is 0 Å². The Morgan fingerprint density at radius 3 is 2.45 bits per heavy atom. The van der Waals surface area contributed by atoms with Crippen molar-refractivity contribution < 1.29 is 0 Å². The molecule has 0 unspecified atom stereocenters. The number of benzene rings is 1. The lowest BCUT2D eigenvalue weighted by Gasteiger charge is -1.90. The first-order valence-electron chi connectivity index (χ1n) is 3.67. The third-order valence-corrected chi connectivity index (χ3v) is 1.32. The molecule has 1 aromatic rings. The third kappa shape index (κ3) is 2.35. The molecule has 1 aromatic carbocycles. The lowest BCUT2D eigenvalue weighted by molar-refractivity contribution is 1.28. The van der Waals surface area contributed by atoms with Crippen LogP contribution in [0.2, 0.25) is 0 Å². The molecule has 0 radical (unpaired) electrons. The molecule has 0 fully saturated rings. The smallest absolute Gasteiger partial charge is 0.0314 e. The number of anilines is 1. The molecule has 0 aliphatic rings. The van der Waals surface area contributed by atoms with E-state index in [1.54, 1.807) is 0 Å². The molecule has 0 atom stereocenters. The Morgan fingerprint density at radius 1 is 1.27 bits per heavy atom. The summed E-state index contributed by atoms with van der Waals surface area (Å²) in [5, 5.41) is 0. The maximum Gasteiger partial charge on any atom is 0.0314 e. The molecule has 1 rings (SSSR count). The van der Waals surface area contributed by atoms with E-state index in [0.717, 1.165) is 17.7 Å². The van der Waals surface area contributed by atoms with Crippen LogP contribution in [0.5, 0.6) is 0 Å². The van der Waals surface area contributed by atoms with Gasteiger partial charge in [0.05, 0.1) is 0 Å². The second-order valence-electron chi connectivity index (χ2n) is 2.28. The third-order valence-electron chi connectivity index (χ3n) is 1.32. The average Bonchev–Trinajstić information content (AvgIpc) is 2.04. The Bertz CT molecular complexity index is 274. The fourth-order valence-corrected chi connectivity index (χ4v) is 0.757. The summed E-state index contributed by atoms with van der Waals surface area (Å²) in [6.45, 7) is 2.03. The van der Waals surface area contributed by atoms with E-state index >= 15 is 0 Å². The van der Waals surface area contributed by atoms with Crippen LogP contribution in [0.1, 0.15) is 18.9 Å². The second kappa shape index (κ2) is 3.68. The molecule has 0 aromatic heterocycles. The van der Waals surface area contributed by atoms with Gasteiger partial charge in [-0.05, 0) is 24.3 Å². The van der Waals surface area contributed by atoms with Crippen LogP contribution in [0.15, 0.2) is 24.3 Å². The second-order valence-corrected chi connectivity index (χ2v) is 2.28. The summed E-state index contributed by atoms with van der Waals surface area (Å²) < 4.78 is 0. The predicted molar refractivity (Wildman–Crippen MR) is 48.0 cm³/mol. The highest BCUT2D eigenvalue weighted by molar-refractivity contribution is 5.44. The number of nitrogens with two attached hydrogens (primary N) is 1. The van der Waals surface area contributed by atoms with E-state index in [-0.39, 0.29) is 0 Å². The number of hydrogen-bond acceptors (Lipinski definition) is 1. The van der Waals surface area contributed by atoms with E-state index in [9.17, 15) is 0 Å². The zero-order valence-corrected chi connectivity index (χ0v) is 6.59. The Kier molecular flexibility index (Phi) is 2.57. The monoisotopic (exact) mass is 145 g/mol. The Labute approximate surface area is 67.2 Å². The lowest BCUT2D eigenvalue weighted by Crippen LogP contribution is -1.82. The summed E-state index contributed by atoms with van der Waals surface area (Å²) in [6.07, 6.45) is 0.893. The van der Waals surface area contributed by atoms with Crippen molar-refractivity contribution in [2.75, 3.05) is 5.73 Å². The van der Waals surface area contributed by atoms with Crippen LogP contribution >= 0.6 is 0 Å². The summed E-state index contributed by atoms with van der Waals surface area (Å²) in [5.74, 6) is 6.01. The zero-order chi connectivity index (χ0) is 8.10. The highest BCUT2D eigenvalue weighted by atomic mass is 14.5. The van der Waals surface area contributed by atoms with Crippen molar-refractivity contribution >= 4 is 5.69 Å². The van der Waals surface area contributed by atoms with Crippen molar-refractivity contribution in [1.29, 1.82) is 0 Å². The van der Waals surface area contributed by atoms with Crippen molar-refractivity contribution in [2.24, 2.45) is 0 Å². The highest BCUT2D eigenvalue weighted by Crippen LogP contribution is 2.03. The number of hydrogen-bond donors (Lipinski definition) is 1. The number of rotatable bonds is 0. The molecule has 0 aliphatic carbocycles. The topological polar surface area (TPSA) is 26.0 Å². The molecule has 56 valence electrons. The van der Waals surface area contributed by atoms with Gasteiger partial charge in [-0.25, -0.2) is 0 Å². The van der Waals surface area contributed by atoms with Crippen LogP contribution < -0.4 is 5.73 Å². The Hall–Kier alpha value is -1.42. The Morgan fingerprint density at radius 2 is 1.91 bits per heavy atom. The molecule has 11 heavy (non-hydrogen) atoms. The first-order chi connectivity index (χ1) is 5.33. The van der Waals surface area contributed by atoms with Gasteiger partial charge in [0.15, 0.2) is 0 Å². The maximum atomic E-state index is 5.51. The SMILES string of the molecule is CCC#Cc1ccc(N)cc1. The van der Waals surface area contributed by atoms with Crippen LogP contribution in [-0.4, -0.2) is 0 Å². The fourth-order valence-electron chi connectivity index (χ4n) is 0.757. The molecule has 0 spiro atoms. The average molecular weight is 145 g/mol. The molecule has 0 aliphatic heterocycles. The van der Waals surface area contributed by atoms with Gasteiger partial charge in [0.2, 0.25) is 0 Å². The lowest BCUT2D eigenvalue weighted by atomic mass is 10.2. The van der Waals surface area contributed by atoms with Crippen molar-refractivity contribution in [3.8, 4) is 11.8 Å². The van der Waals surface area contributed by atoms with Crippen molar-refractivity contribution in [3.63, 3.8) is 0 Å². The van der Waals surface area contributed by atoms with Crippen LogP contribution in [0.4, 0.5) is 5.69 Å². The van der Waals surface area contributed by atoms with Gasteiger partial charge in [0.1, 0.15) is 0 Å². The minimum Gasteiger partial charge on any atom is -0.399 e. The van der Waals surface area contributed by atoms with Gasteiger partial charge in [-0.3, -0.25) is 0 Å². The van der Waals surface area contributed by atoms with Gasteiger partial charge in [-0.2, -0.15) is 0 Å². The van der Waals surface area contributed by atoms with Gasteiger partial charge in [0.25, 0.3) is 0 Å². The summed E-state index contributed by atoms with van der Waals surface area (Å²) in [4.78, 5) is 0. The van der Waals surface area contributed by atoms with E-state index in [1.807, 2.05) is 31.2 Å². The molecule has 0 heterocycles. The van der Waals surface area contributed by atoms with Gasteiger partial charge in [0, 0.05) is 17.7 Å². The van der Waals surface area contributed by atoms with Crippen LogP contribution in [0.3, 0.4) is 0 Å². The molecule has 0 saturated carbocycles. The molecular formula is C10H11N. The highest BCUT2D eigenvalue weighted by Gasteiger charge is 1.84. The van der Waals surface area contributed by atoms with Gasteiger partial charge in [-0.1, -0.05) is 18.8 Å². The molecule has 0 bridgehead atoms. The van der Waals surface area contributed by atoms with Crippen LogP contribution in [0.25, 0.3) is 0 Å². The standard InChI is InChI=1S/C10H11N/c1-2-3-4-9-5-7-10(11)8-6-9/h5-8H,2,11H2,1H3. The van der Waals surface area contributed by atoms with E-state index in [2.05, 4.69) is 11.8 Å². The quantitative estimate of drug-likeness (QED) is 0.438. The Balaban J connectivity index is 2.82. The number of nitrogen functional groups attached to an aromatic ring is 1. The van der Waals surface area contributed by atoms with Crippen molar-refractivity contribution in [1.82, 2.24) is 0 Å². The van der Waals surface area contributed by atoms with E-state index < -0.39 is 0 Å². The minimum absolute atomic E-state index is 0.784. The molecule has 0 amide bonds. The maximum absolute atomic E-state index is 5.51. The predicted octanol–water partition coefficient (Wildman–Crippen LogP) is 2.03. The van der Waals surface area contributed by atoms with E-state index in [0.29, 0.717) is 0 Å². The van der Waals surface area contributed by atoms with Crippen molar-refractivity contribution in [2.45, 2.75) is 13.3 Å². The summed E-state index contributed by atoms with van der Waals surface area (Å²) in [7, 11) is 0. The normalized spacial score (nSPS) is 8.45. The van der Waals surface area contributed by atoms with Crippen LogP contribution in [0, 0.1) is 11.8 Å². The minimum atomic E-state index is 0.784. The van der Waals surface area contributed by atoms with Gasteiger partial charge in [-0.15, -0.1) is 0 Å². The van der Waals surface area contributed by atoms with Gasteiger partial charge >= 0.3 is 0 Å². The van der Waals surface area contributed by atoms with Gasteiger partial charge < -0.3 is 5.73 Å². The first-order valence-corrected chi connectivity index (χ1v) is 3.67. The van der Waals surface area contributed by atoms with E-state index in [4.69, 9.17) is 5.73 Å². The molecule has 1 nitrogen and oxygen atoms in total. The summed E-state index contributed by atoms with van der Waals surface area (Å²) in [5.41, 5.74) is 7.32. The molecule has 0 saturated heterocycles. The molecule has 1 heteroatoms. The summed E-state index contributed by atoms with van der Waals surface area (Å²) in [6, 6.07) is 7.58. The zero-order valence-electron chi connectivity index (χ0n) is 6.59. The summed E-state index contributed by atoms with van der Waals surface area (Å²) >= 11 is 0. The largest absolute Gasteiger partial charge is 0.399 e. The fraction of sp³-hybridized carbons (Fsp3) is 0.200. The van der Waals surface area contributed by atoms with Crippen LogP contribution in [-0.2, 0) is 0 Å². The van der Waals surface area contributed by atoms with Crippen molar-refractivity contribution in [3.05, 3.63) is 29.8 Å². The molecular weight excluding hydrogens is 134 g/mol. The molecule has 2 N–H and O–H groups in total.